The number of hydrogen-bond acceptors (Lipinski definition) is 8. The Morgan fingerprint density at radius 2 is 1.82 bits per heavy atom. The van der Waals surface area contributed by atoms with Crippen LogP contribution < -0.4 is 10.5 Å². The molecule has 2 aromatic carbocycles. The lowest BCUT2D eigenvalue weighted by Crippen LogP contribution is -2.39. The molecule has 1 atom stereocenters. The molecule has 0 bridgehead atoms. The first-order chi connectivity index (χ1) is 14.8. The maximum atomic E-state index is 11.6. The highest BCUT2D eigenvalue weighted by Gasteiger charge is 2.22. The third kappa shape index (κ3) is 9.28. The number of halogens is 2. The van der Waals surface area contributed by atoms with Crippen molar-refractivity contribution in [2.24, 2.45) is 5.14 Å². The van der Waals surface area contributed by atoms with Crippen molar-refractivity contribution in [2.75, 3.05) is 43.9 Å². The van der Waals surface area contributed by atoms with Gasteiger partial charge in [0.05, 0.1) is 23.0 Å². The fourth-order valence-corrected chi connectivity index (χ4v) is 4.78. The molecule has 0 radical (unpaired) electrons. The van der Waals surface area contributed by atoms with Crippen LogP contribution in [0.2, 0.25) is 0 Å². The molecular formula is C20H28Cl2N4O5S2. The molecule has 1 heterocycles. The Hall–Kier alpha value is -1.60. The van der Waals surface area contributed by atoms with Gasteiger partial charge in [-0.05, 0) is 30.7 Å². The molecule has 2 aromatic rings. The van der Waals surface area contributed by atoms with Crippen molar-refractivity contribution in [2.45, 2.75) is 22.3 Å². The summed E-state index contributed by atoms with van der Waals surface area (Å²) in [5, 5.41) is 20.0. The summed E-state index contributed by atoms with van der Waals surface area (Å²) in [5.41, 5.74) is -0.0364. The van der Waals surface area contributed by atoms with Gasteiger partial charge in [0.1, 0.15) is 5.69 Å². The molecule has 3 N–H and O–H groups in total. The summed E-state index contributed by atoms with van der Waals surface area (Å²) in [6.45, 7) is 3.97. The summed E-state index contributed by atoms with van der Waals surface area (Å²) in [4.78, 5) is 14.1. The minimum atomic E-state index is -4.03. The first kappa shape index (κ1) is 29.4. The van der Waals surface area contributed by atoms with Crippen LogP contribution in [-0.4, -0.2) is 62.9 Å². The minimum absolute atomic E-state index is 0. The molecule has 1 aliphatic rings. The number of primary sulfonamides is 1. The number of hydrogen-bond donors (Lipinski definition) is 2. The highest BCUT2D eigenvalue weighted by atomic mass is 35.5. The molecule has 33 heavy (non-hydrogen) atoms. The van der Waals surface area contributed by atoms with Crippen LogP contribution in [0.4, 0.5) is 11.4 Å². The predicted octanol–water partition coefficient (Wildman–Crippen LogP) is 3.38. The highest BCUT2D eigenvalue weighted by molar-refractivity contribution is 7.99. The van der Waals surface area contributed by atoms with E-state index in [9.17, 15) is 18.5 Å². The summed E-state index contributed by atoms with van der Waals surface area (Å²) in [6.07, 6.45) is 0.772. The van der Waals surface area contributed by atoms with Crippen LogP contribution in [0.25, 0.3) is 0 Å². The highest BCUT2D eigenvalue weighted by Crippen LogP contribution is 2.29. The summed E-state index contributed by atoms with van der Waals surface area (Å²) in [5.74, 6) is 0.697. The topological polar surface area (TPSA) is 128 Å². The van der Waals surface area contributed by atoms with Crippen molar-refractivity contribution in [1.29, 1.82) is 0 Å². The number of thioether (sulfide) groups is 1. The van der Waals surface area contributed by atoms with Gasteiger partial charge < -0.3 is 10.1 Å². The lowest BCUT2D eigenvalue weighted by Gasteiger charge is -2.29. The summed E-state index contributed by atoms with van der Waals surface area (Å²) >= 11 is 1.66. The average molecular weight is 540 g/mol. The molecule has 1 saturated heterocycles. The largest absolute Gasteiger partial charge is 0.379 e. The van der Waals surface area contributed by atoms with Gasteiger partial charge in [-0.25, -0.2) is 13.6 Å². The monoisotopic (exact) mass is 538 g/mol. The number of benzene rings is 2. The molecule has 0 saturated carbocycles. The number of nitrogens with two attached hydrogens (primary N) is 1. The number of sulfonamides is 1. The molecule has 3 rings (SSSR count). The molecule has 0 aliphatic carbocycles. The fraction of sp³-hybridized carbons (Fsp3) is 0.400. The molecule has 13 heteroatoms. The standard InChI is InChI=1S/C20H26N4O5S2.2ClH/c21-31(27,28)18-6-7-19(20(14-18)24(25)26)22-16(8-9-23-10-12-29-13-11-23)15-30-17-4-2-1-3-5-17;;/h1-7,14,16,22H,8-13,15H2,(H2,21,27,28);2*1H/t16-;;/m1../s1. The van der Waals surface area contributed by atoms with Crippen LogP contribution >= 0.6 is 36.6 Å². The molecule has 1 fully saturated rings. The average Bonchev–Trinajstić information content (AvgIpc) is 2.76. The molecule has 0 spiro atoms. The maximum absolute atomic E-state index is 11.6. The van der Waals surface area contributed by atoms with Gasteiger partial charge in [-0.1, -0.05) is 18.2 Å². The molecule has 9 nitrogen and oxygen atoms in total. The van der Waals surface area contributed by atoms with E-state index < -0.39 is 14.9 Å². The summed E-state index contributed by atoms with van der Waals surface area (Å²) in [7, 11) is -4.03. The van der Waals surface area contributed by atoms with Gasteiger partial charge in [0, 0.05) is 42.4 Å². The van der Waals surface area contributed by atoms with E-state index in [1.165, 1.54) is 12.1 Å². The third-order valence-corrected chi connectivity index (χ3v) is 7.03. The maximum Gasteiger partial charge on any atom is 0.293 e. The molecular weight excluding hydrogens is 511 g/mol. The van der Waals surface area contributed by atoms with Crippen LogP contribution in [0.1, 0.15) is 6.42 Å². The van der Waals surface area contributed by atoms with E-state index in [2.05, 4.69) is 10.2 Å². The zero-order valence-corrected chi connectivity index (χ0v) is 21.1. The number of rotatable bonds is 10. The van der Waals surface area contributed by atoms with Gasteiger partial charge >= 0.3 is 0 Å². The minimum Gasteiger partial charge on any atom is -0.379 e. The first-order valence-electron chi connectivity index (χ1n) is 9.88. The van der Waals surface area contributed by atoms with Crippen molar-refractivity contribution in [3.63, 3.8) is 0 Å². The van der Waals surface area contributed by atoms with Crippen molar-refractivity contribution in [3.8, 4) is 0 Å². The van der Waals surface area contributed by atoms with E-state index in [0.29, 0.717) is 19.0 Å². The number of ether oxygens (including phenoxy) is 1. The molecule has 1 aliphatic heterocycles. The second-order valence-corrected chi connectivity index (χ2v) is 9.84. The quantitative estimate of drug-likeness (QED) is 0.267. The number of nitro benzene ring substituents is 1. The van der Waals surface area contributed by atoms with E-state index in [-0.39, 0.29) is 47.1 Å². The zero-order valence-electron chi connectivity index (χ0n) is 17.8. The first-order valence-corrected chi connectivity index (χ1v) is 12.4. The number of anilines is 1. The SMILES string of the molecule is Cl.Cl.NS(=O)(=O)c1ccc(N[C@H](CCN2CCOCC2)CSc2ccccc2)c([N+](=O)[O-])c1. The Morgan fingerprint density at radius 1 is 1.15 bits per heavy atom. The van der Waals surface area contributed by atoms with Crippen molar-refractivity contribution >= 4 is 58.0 Å². The van der Waals surface area contributed by atoms with Gasteiger partial charge in [0.2, 0.25) is 10.0 Å². The van der Waals surface area contributed by atoms with Gasteiger partial charge in [-0.15, -0.1) is 36.6 Å². The van der Waals surface area contributed by atoms with E-state index in [0.717, 1.165) is 37.0 Å². The van der Waals surface area contributed by atoms with Crippen LogP contribution in [-0.2, 0) is 14.8 Å². The lowest BCUT2D eigenvalue weighted by molar-refractivity contribution is -0.384. The van der Waals surface area contributed by atoms with Crippen LogP contribution in [0.15, 0.2) is 58.3 Å². The van der Waals surface area contributed by atoms with Gasteiger partial charge in [-0.2, -0.15) is 0 Å². The van der Waals surface area contributed by atoms with Crippen molar-refractivity contribution < 1.29 is 18.1 Å². The Morgan fingerprint density at radius 3 is 2.42 bits per heavy atom. The molecule has 184 valence electrons. The Kier molecular flexibility index (Phi) is 12.4. The van der Waals surface area contributed by atoms with E-state index >= 15 is 0 Å². The van der Waals surface area contributed by atoms with Gasteiger partial charge in [-0.3, -0.25) is 15.0 Å². The summed E-state index contributed by atoms with van der Waals surface area (Å²) < 4.78 is 28.6. The van der Waals surface area contributed by atoms with Crippen LogP contribution in [0, 0.1) is 10.1 Å². The fourth-order valence-electron chi connectivity index (χ4n) is 3.26. The predicted molar refractivity (Wildman–Crippen MR) is 135 cm³/mol. The van der Waals surface area contributed by atoms with E-state index in [1.54, 1.807) is 11.8 Å². The van der Waals surface area contributed by atoms with Crippen molar-refractivity contribution in [1.82, 2.24) is 4.90 Å². The Labute approximate surface area is 210 Å². The second kappa shape index (κ2) is 14.0. The summed E-state index contributed by atoms with van der Waals surface area (Å²) in [6, 6.07) is 13.6. The number of nitro groups is 1. The Bertz CT molecular complexity index is 993. The second-order valence-electron chi connectivity index (χ2n) is 7.19. The molecule has 0 aromatic heterocycles. The molecule has 0 unspecified atom stereocenters. The zero-order chi connectivity index (χ0) is 22.3. The molecule has 0 amide bonds. The lowest BCUT2D eigenvalue weighted by atomic mass is 10.2. The van der Waals surface area contributed by atoms with E-state index in [1.807, 2.05) is 30.3 Å². The number of nitrogens with zero attached hydrogens (tertiary/aromatic N) is 2. The van der Waals surface area contributed by atoms with Gasteiger partial charge in [0.15, 0.2) is 0 Å². The van der Waals surface area contributed by atoms with Crippen molar-refractivity contribution in [3.05, 3.63) is 58.6 Å². The van der Waals surface area contributed by atoms with Crippen LogP contribution in [0.3, 0.4) is 0 Å². The van der Waals surface area contributed by atoms with Gasteiger partial charge in [0.25, 0.3) is 5.69 Å². The Balaban J connectivity index is 0.00000272. The number of nitrogens with one attached hydrogen (secondary N) is 1. The number of morpholine rings is 1. The third-order valence-electron chi connectivity index (χ3n) is 4.95. The smallest absolute Gasteiger partial charge is 0.293 e. The normalized spacial score (nSPS) is 15.1. The van der Waals surface area contributed by atoms with Crippen LogP contribution in [0.5, 0.6) is 0 Å². The van der Waals surface area contributed by atoms with E-state index in [4.69, 9.17) is 9.88 Å².